The number of ether oxygens (including phenoxy) is 1. The molecule has 0 N–H and O–H groups in total. The summed E-state index contributed by atoms with van der Waals surface area (Å²) >= 11 is 0. The van der Waals surface area contributed by atoms with E-state index in [2.05, 4.69) is 81.5 Å². The molecule has 0 rings (SSSR count). The van der Waals surface area contributed by atoms with Crippen molar-refractivity contribution in [3.8, 4) is 0 Å². The molecule has 3 heteroatoms. The molecule has 0 aromatic rings. The number of carbonyl (C=O) groups excluding carboxylic acids is 1. The molecule has 0 bridgehead atoms. The second-order valence-corrected chi connectivity index (χ2v) is 13.8. The van der Waals surface area contributed by atoms with Crippen LogP contribution in [0.4, 0.5) is 0 Å². The Morgan fingerprint density at radius 1 is 0.500 bits per heavy atom. The van der Waals surface area contributed by atoms with Crippen LogP contribution in [0.3, 0.4) is 0 Å². The molecule has 0 fully saturated rings. The van der Waals surface area contributed by atoms with Crippen LogP contribution in [0, 0.1) is 0 Å². The van der Waals surface area contributed by atoms with Crippen molar-refractivity contribution < 1.29 is 9.53 Å². The van der Waals surface area contributed by atoms with Crippen LogP contribution in [0.2, 0.25) is 0 Å². The number of unbranched alkanes of at least 4 members (excludes halogenated alkanes) is 18. The third-order valence-corrected chi connectivity index (χ3v) is 8.74. The van der Waals surface area contributed by atoms with Crippen LogP contribution < -0.4 is 0 Å². The Bertz CT molecular complexity index is 735. The van der Waals surface area contributed by atoms with Crippen molar-refractivity contribution in [1.82, 2.24) is 4.90 Å². The quantitative estimate of drug-likeness (QED) is 0.0392. The molecule has 3 nitrogen and oxygen atoms in total. The van der Waals surface area contributed by atoms with Crippen molar-refractivity contribution in [2.24, 2.45) is 0 Å². The lowest BCUT2D eigenvalue weighted by atomic mass is 10.0. The van der Waals surface area contributed by atoms with Crippen molar-refractivity contribution in [3.63, 3.8) is 0 Å². The van der Waals surface area contributed by atoms with Gasteiger partial charge in [-0.1, -0.05) is 140 Å². The van der Waals surface area contributed by atoms with E-state index in [1.54, 1.807) is 0 Å². The van der Waals surface area contributed by atoms with Gasteiger partial charge in [-0.15, -0.1) is 0 Å². The zero-order valence-corrected chi connectivity index (χ0v) is 31.5. The van der Waals surface area contributed by atoms with Crippen molar-refractivity contribution in [2.75, 3.05) is 20.6 Å². The molecule has 0 saturated heterocycles. The number of hydrogen-bond acceptors (Lipinski definition) is 3. The predicted octanol–water partition coefficient (Wildman–Crippen LogP) is 13.6. The Morgan fingerprint density at radius 2 is 0.870 bits per heavy atom. The van der Waals surface area contributed by atoms with Gasteiger partial charge in [-0.25, -0.2) is 0 Å². The van der Waals surface area contributed by atoms with E-state index in [0.29, 0.717) is 6.42 Å². The SMILES string of the molecule is CCCCC/C=C\C/C=C\CCCCCCCCCC(CCCCCCC/C=C\C/C=C\CCCCC)OC(=O)CCCN(C)C. The molecular formula is C43H79NO2. The summed E-state index contributed by atoms with van der Waals surface area (Å²) in [5.74, 6) is 0.00601. The van der Waals surface area contributed by atoms with Gasteiger partial charge in [0.1, 0.15) is 6.10 Å². The summed E-state index contributed by atoms with van der Waals surface area (Å²) in [4.78, 5) is 14.7. The second-order valence-electron chi connectivity index (χ2n) is 13.8. The number of nitrogens with zero attached hydrogens (tertiary/aromatic N) is 1. The molecule has 0 aliphatic carbocycles. The molecule has 0 aliphatic heterocycles. The van der Waals surface area contributed by atoms with Gasteiger partial charge in [0.15, 0.2) is 0 Å². The van der Waals surface area contributed by atoms with Crippen LogP contribution in [0.15, 0.2) is 48.6 Å². The van der Waals surface area contributed by atoms with Gasteiger partial charge < -0.3 is 9.64 Å². The molecule has 0 saturated carbocycles. The number of allylic oxidation sites excluding steroid dienone is 8. The molecular weight excluding hydrogens is 562 g/mol. The van der Waals surface area contributed by atoms with Gasteiger partial charge in [0.2, 0.25) is 0 Å². The average molecular weight is 642 g/mol. The Kier molecular flexibility index (Phi) is 36.5. The first-order valence-electron chi connectivity index (χ1n) is 20.0. The summed E-state index contributed by atoms with van der Waals surface area (Å²) in [6.07, 6.45) is 52.8. The Balaban J connectivity index is 4.01. The Morgan fingerprint density at radius 3 is 1.26 bits per heavy atom. The maximum Gasteiger partial charge on any atom is 0.306 e. The third-order valence-electron chi connectivity index (χ3n) is 8.74. The Labute approximate surface area is 288 Å². The number of hydrogen-bond donors (Lipinski definition) is 0. The Hall–Kier alpha value is -1.61. The maximum atomic E-state index is 12.5. The molecule has 1 unspecified atom stereocenters. The fourth-order valence-corrected chi connectivity index (χ4v) is 5.77. The van der Waals surface area contributed by atoms with Gasteiger partial charge in [0.05, 0.1) is 0 Å². The lowest BCUT2D eigenvalue weighted by molar-refractivity contribution is -0.150. The maximum absolute atomic E-state index is 12.5. The van der Waals surface area contributed by atoms with E-state index in [1.165, 1.54) is 141 Å². The highest BCUT2D eigenvalue weighted by Gasteiger charge is 2.14. The molecule has 0 spiro atoms. The monoisotopic (exact) mass is 642 g/mol. The summed E-state index contributed by atoms with van der Waals surface area (Å²) in [6, 6.07) is 0. The van der Waals surface area contributed by atoms with E-state index in [-0.39, 0.29) is 12.1 Å². The number of esters is 1. The summed E-state index contributed by atoms with van der Waals surface area (Å²) in [7, 11) is 4.12. The molecule has 0 aliphatic rings. The van der Waals surface area contributed by atoms with Gasteiger partial charge in [-0.05, 0) is 117 Å². The lowest BCUT2D eigenvalue weighted by Crippen LogP contribution is -2.20. The van der Waals surface area contributed by atoms with Crippen LogP contribution in [0.5, 0.6) is 0 Å². The van der Waals surface area contributed by atoms with Crippen LogP contribution in [-0.4, -0.2) is 37.6 Å². The highest BCUT2D eigenvalue weighted by molar-refractivity contribution is 5.69. The zero-order valence-electron chi connectivity index (χ0n) is 31.5. The van der Waals surface area contributed by atoms with Gasteiger partial charge in [-0.2, -0.15) is 0 Å². The van der Waals surface area contributed by atoms with Gasteiger partial charge in [-0.3, -0.25) is 4.79 Å². The molecule has 46 heavy (non-hydrogen) atoms. The van der Waals surface area contributed by atoms with E-state index in [9.17, 15) is 4.79 Å². The van der Waals surface area contributed by atoms with Gasteiger partial charge in [0.25, 0.3) is 0 Å². The zero-order chi connectivity index (χ0) is 33.6. The standard InChI is InChI=1S/C43H79NO2/c1-5-7-9-11-13-15-17-19-21-22-24-26-28-30-32-34-36-39-42(46-43(45)40-37-41-44(3)4)38-35-33-31-29-27-25-23-20-18-16-14-12-10-8-6-2/h13-16,19-21,23,42H,5-12,17-18,22,24-41H2,1-4H3/b15-13-,16-14-,21-19-,23-20-. The van der Waals surface area contributed by atoms with Gasteiger partial charge in [0, 0.05) is 6.42 Å². The minimum Gasteiger partial charge on any atom is -0.462 e. The summed E-state index contributed by atoms with van der Waals surface area (Å²) in [6.45, 7) is 5.46. The van der Waals surface area contributed by atoms with Crippen molar-refractivity contribution >= 4 is 5.97 Å². The van der Waals surface area contributed by atoms with E-state index in [1.807, 2.05) is 0 Å². The first-order chi connectivity index (χ1) is 22.6. The first-order valence-corrected chi connectivity index (χ1v) is 20.0. The fourth-order valence-electron chi connectivity index (χ4n) is 5.77. The van der Waals surface area contributed by atoms with Crippen molar-refractivity contribution in [1.29, 1.82) is 0 Å². The van der Waals surface area contributed by atoms with E-state index in [0.717, 1.165) is 38.6 Å². The third kappa shape index (κ3) is 36.9. The number of rotatable bonds is 35. The lowest BCUT2D eigenvalue weighted by Gasteiger charge is -2.18. The predicted molar refractivity (Wildman–Crippen MR) is 206 cm³/mol. The first kappa shape index (κ1) is 44.4. The fraction of sp³-hybridized carbons (Fsp3) is 0.791. The number of carbonyl (C=O) groups is 1. The van der Waals surface area contributed by atoms with Crippen molar-refractivity contribution in [2.45, 2.75) is 200 Å². The van der Waals surface area contributed by atoms with Gasteiger partial charge >= 0.3 is 5.97 Å². The summed E-state index contributed by atoms with van der Waals surface area (Å²) in [5, 5.41) is 0. The van der Waals surface area contributed by atoms with Crippen LogP contribution >= 0.6 is 0 Å². The smallest absolute Gasteiger partial charge is 0.306 e. The molecule has 268 valence electrons. The molecule has 0 heterocycles. The van der Waals surface area contributed by atoms with E-state index >= 15 is 0 Å². The highest BCUT2D eigenvalue weighted by atomic mass is 16.5. The highest BCUT2D eigenvalue weighted by Crippen LogP contribution is 2.18. The minimum atomic E-state index is 0.00601. The summed E-state index contributed by atoms with van der Waals surface area (Å²) < 4.78 is 6.00. The van der Waals surface area contributed by atoms with Crippen LogP contribution in [0.1, 0.15) is 194 Å². The largest absolute Gasteiger partial charge is 0.462 e. The molecule has 0 radical (unpaired) electrons. The molecule has 0 aromatic heterocycles. The minimum absolute atomic E-state index is 0.00601. The summed E-state index contributed by atoms with van der Waals surface area (Å²) in [5.41, 5.74) is 0. The molecule has 0 aromatic carbocycles. The van der Waals surface area contributed by atoms with Crippen molar-refractivity contribution in [3.05, 3.63) is 48.6 Å². The average Bonchev–Trinajstić information content (AvgIpc) is 3.04. The molecule has 0 amide bonds. The topological polar surface area (TPSA) is 29.5 Å². The second kappa shape index (κ2) is 37.8. The van der Waals surface area contributed by atoms with E-state index in [4.69, 9.17) is 4.74 Å². The molecule has 1 atom stereocenters. The van der Waals surface area contributed by atoms with E-state index < -0.39 is 0 Å². The van der Waals surface area contributed by atoms with Crippen LogP contribution in [0.25, 0.3) is 0 Å². The normalized spacial score (nSPS) is 13.0. The van der Waals surface area contributed by atoms with Crippen LogP contribution in [-0.2, 0) is 9.53 Å².